The summed E-state index contributed by atoms with van der Waals surface area (Å²) in [7, 11) is 1.54. The predicted molar refractivity (Wildman–Crippen MR) is 73.6 cm³/mol. The number of halogens is 1. The molecule has 0 aliphatic carbocycles. The molecule has 6 heteroatoms. The standard InChI is InChI=1S/C13H17ClN2O3/c1-18-11-4-2-8(14)6-10(11)16-13(17)12-5-3-9(7-15)19-12/h2,4,6,9,12H,3,5,7,15H2,1H3,(H,16,17)/t9-,12+/m1/s1. The highest BCUT2D eigenvalue weighted by atomic mass is 35.5. The molecule has 3 N–H and O–H groups in total. The zero-order valence-corrected chi connectivity index (χ0v) is 11.4. The highest BCUT2D eigenvalue weighted by molar-refractivity contribution is 6.31. The number of nitrogens with one attached hydrogen (secondary N) is 1. The Kier molecular flexibility index (Phi) is 4.63. The van der Waals surface area contributed by atoms with Crippen molar-refractivity contribution in [3.8, 4) is 5.75 Å². The molecule has 1 aromatic carbocycles. The molecular formula is C13H17ClN2O3. The minimum Gasteiger partial charge on any atom is -0.495 e. The van der Waals surface area contributed by atoms with Gasteiger partial charge >= 0.3 is 0 Å². The number of hydrogen-bond donors (Lipinski definition) is 2. The Morgan fingerprint density at radius 2 is 2.37 bits per heavy atom. The van der Waals surface area contributed by atoms with E-state index in [4.69, 9.17) is 26.8 Å². The highest BCUT2D eigenvalue weighted by Gasteiger charge is 2.30. The second kappa shape index (κ2) is 6.23. The first kappa shape index (κ1) is 14.1. The smallest absolute Gasteiger partial charge is 0.253 e. The molecule has 1 heterocycles. The molecule has 1 fully saturated rings. The van der Waals surface area contributed by atoms with Crippen LogP contribution < -0.4 is 15.8 Å². The normalized spacial score (nSPS) is 22.3. The topological polar surface area (TPSA) is 73.6 Å². The average molecular weight is 285 g/mol. The summed E-state index contributed by atoms with van der Waals surface area (Å²) in [5.74, 6) is 0.364. The predicted octanol–water partition coefficient (Wildman–Crippen LogP) is 1.79. The van der Waals surface area contributed by atoms with Gasteiger partial charge in [0.25, 0.3) is 5.91 Å². The van der Waals surface area contributed by atoms with Gasteiger partial charge in [-0.2, -0.15) is 0 Å². The summed E-state index contributed by atoms with van der Waals surface area (Å²) in [6.07, 6.45) is 0.993. The van der Waals surface area contributed by atoms with Gasteiger partial charge < -0.3 is 20.5 Å². The van der Waals surface area contributed by atoms with Crippen LogP contribution in [0.5, 0.6) is 5.75 Å². The number of rotatable bonds is 4. The number of carbonyl (C=O) groups excluding carboxylic acids is 1. The fraction of sp³-hybridized carbons (Fsp3) is 0.462. The van der Waals surface area contributed by atoms with E-state index in [1.807, 2.05) is 0 Å². The van der Waals surface area contributed by atoms with Crippen LogP contribution >= 0.6 is 11.6 Å². The van der Waals surface area contributed by atoms with Crippen LogP contribution in [0.2, 0.25) is 5.02 Å². The SMILES string of the molecule is COc1ccc(Cl)cc1NC(=O)[C@@H]1CC[C@H](CN)O1. The lowest BCUT2D eigenvalue weighted by atomic mass is 10.2. The summed E-state index contributed by atoms with van der Waals surface area (Å²) in [4.78, 5) is 12.1. The van der Waals surface area contributed by atoms with Crippen LogP contribution in [0.25, 0.3) is 0 Å². The van der Waals surface area contributed by atoms with Crippen LogP contribution in [0.3, 0.4) is 0 Å². The van der Waals surface area contributed by atoms with Crippen LogP contribution in [0.4, 0.5) is 5.69 Å². The van der Waals surface area contributed by atoms with Crippen LogP contribution in [0, 0.1) is 0 Å². The van der Waals surface area contributed by atoms with Gasteiger partial charge in [0.05, 0.1) is 18.9 Å². The molecule has 0 bridgehead atoms. The van der Waals surface area contributed by atoms with Gasteiger partial charge in [0.1, 0.15) is 11.9 Å². The summed E-state index contributed by atoms with van der Waals surface area (Å²) < 4.78 is 10.7. The Hall–Kier alpha value is -1.30. The van der Waals surface area contributed by atoms with Crippen molar-refractivity contribution in [3.63, 3.8) is 0 Å². The van der Waals surface area contributed by atoms with Crippen molar-refractivity contribution in [2.75, 3.05) is 19.0 Å². The molecule has 1 aromatic rings. The lowest BCUT2D eigenvalue weighted by molar-refractivity contribution is -0.126. The third-order valence-corrected chi connectivity index (χ3v) is 3.32. The molecule has 0 saturated carbocycles. The third kappa shape index (κ3) is 3.37. The highest BCUT2D eigenvalue weighted by Crippen LogP contribution is 2.29. The fourth-order valence-electron chi connectivity index (χ4n) is 2.06. The molecule has 19 heavy (non-hydrogen) atoms. The van der Waals surface area contributed by atoms with E-state index < -0.39 is 6.10 Å². The van der Waals surface area contributed by atoms with E-state index in [2.05, 4.69) is 5.32 Å². The van der Waals surface area contributed by atoms with E-state index in [1.54, 1.807) is 18.2 Å². The number of hydrogen-bond acceptors (Lipinski definition) is 4. The maximum atomic E-state index is 12.1. The molecule has 0 aromatic heterocycles. The lowest BCUT2D eigenvalue weighted by Gasteiger charge is -2.14. The first-order valence-corrected chi connectivity index (χ1v) is 6.51. The van der Waals surface area contributed by atoms with Crippen molar-refractivity contribution >= 4 is 23.2 Å². The number of nitrogens with two attached hydrogens (primary N) is 1. The van der Waals surface area contributed by atoms with Crippen LogP contribution in [-0.2, 0) is 9.53 Å². The monoisotopic (exact) mass is 284 g/mol. The van der Waals surface area contributed by atoms with Crippen molar-refractivity contribution in [2.24, 2.45) is 5.73 Å². The second-order valence-electron chi connectivity index (χ2n) is 4.39. The number of anilines is 1. The van der Waals surface area contributed by atoms with Crippen molar-refractivity contribution in [1.29, 1.82) is 0 Å². The molecule has 1 saturated heterocycles. The quantitative estimate of drug-likeness (QED) is 0.884. The summed E-state index contributed by atoms with van der Waals surface area (Å²) >= 11 is 5.91. The van der Waals surface area contributed by atoms with Crippen molar-refractivity contribution in [3.05, 3.63) is 23.2 Å². The molecule has 2 rings (SSSR count). The van der Waals surface area contributed by atoms with Crippen LogP contribution in [-0.4, -0.2) is 31.8 Å². The van der Waals surface area contributed by atoms with Gasteiger partial charge in [-0.05, 0) is 31.0 Å². The Labute approximate surface area is 117 Å². The Morgan fingerprint density at radius 3 is 3.00 bits per heavy atom. The van der Waals surface area contributed by atoms with Crippen molar-refractivity contribution < 1.29 is 14.3 Å². The van der Waals surface area contributed by atoms with E-state index in [0.29, 0.717) is 29.4 Å². The second-order valence-corrected chi connectivity index (χ2v) is 4.83. The Bertz CT molecular complexity index is 467. The molecule has 1 aliphatic heterocycles. The van der Waals surface area contributed by atoms with E-state index in [9.17, 15) is 4.79 Å². The fourth-order valence-corrected chi connectivity index (χ4v) is 2.24. The Morgan fingerprint density at radius 1 is 1.58 bits per heavy atom. The van der Waals surface area contributed by atoms with E-state index in [1.165, 1.54) is 7.11 Å². The van der Waals surface area contributed by atoms with Gasteiger partial charge in [0.15, 0.2) is 0 Å². The first-order chi connectivity index (χ1) is 9.13. The Balaban J connectivity index is 2.05. The van der Waals surface area contributed by atoms with E-state index in [-0.39, 0.29) is 12.0 Å². The summed E-state index contributed by atoms with van der Waals surface area (Å²) in [6, 6.07) is 5.05. The van der Waals surface area contributed by atoms with Gasteiger partial charge in [-0.1, -0.05) is 11.6 Å². The lowest BCUT2D eigenvalue weighted by Crippen LogP contribution is -2.29. The number of methoxy groups -OCH3 is 1. The zero-order chi connectivity index (χ0) is 13.8. The van der Waals surface area contributed by atoms with Crippen LogP contribution in [0.1, 0.15) is 12.8 Å². The van der Waals surface area contributed by atoms with E-state index in [0.717, 1.165) is 6.42 Å². The number of benzene rings is 1. The summed E-state index contributed by atoms with van der Waals surface area (Å²) in [6.45, 7) is 0.435. The van der Waals surface area contributed by atoms with Gasteiger partial charge in [-0.15, -0.1) is 0 Å². The molecule has 104 valence electrons. The molecule has 2 atom stereocenters. The minimum atomic E-state index is -0.461. The van der Waals surface area contributed by atoms with Gasteiger partial charge in [0.2, 0.25) is 0 Å². The number of carbonyl (C=O) groups is 1. The number of amides is 1. The third-order valence-electron chi connectivity index (χ3n) is 3.08. The minimum absolute atomic E-state index is 0.0305. The maximum Gasteiger partial charge on any atom is 0.253 e. The molecule has 1 aliphatic rings. The molecule has 0 spiro atoms. The molecule has 5 nitrogen and oxygen atoms in total. The van der Waals surface area contributed by atoms with Crippen molar-refractivity contribution in [2.45, 2.75) is 25.0 Å². The maximum absolute atomic E-state index is 12.1. The summed E-state index contributed by atoms with van der Waals surface area (Å²) in [5, 5.41) is 3.31. The largest absolute Gasteiger partial charge is 0.495 e. The molecule has 1 amide bonds. The molecule has 0 radical (unpaired) electrons. The van der Waals surface area contributed by atoms with Crippen molar-refractivity contribution in [1.82, 2.24) is 0 Å². The first-order valence-electron chi connectivity index (χ1n) is 6.14. The zero-order valence-electron chi connectivity index (χ0n) is 10.7. The van der Waals surface area contributed by atoms with Gasteiger partial charge in [-0.3, -0.25) is 4.79 Å². The van der Waals surface area contributed by atoms with E-state index >= 15 is 0 Å². The van der Waals surface area contributed by atoms with Crippen LogP contribution in [0.15, 0.2) is 18.2 Å². The average Bonchev–Trinajstić information content (AvgIpc) is 2.88. The molecule has 0 unspecified atom stereocenters. The molecular weight excluding hydrogens is 268 g/mol. The van der Waals surface area contributed by atoms with Gasteiger partial charge in [0, 0.05) is 11.6 Å². The summed E-state index contributed by atoms with van der Waals surface area (Å²) in [5.41, 5.74) is 6.06. The number of ether oxygens (including phenoxy) is 2. The van der Waals surface area contributed by atoms with Gasteiger partial charge in [-0.25, -0.2) is 0 Å².